The zero-order chi connectivity index (χ0) is 17.2. The molecule has 0 heterocycles. The van der Waals surface area contributed by atoms with Gasteiger partial charge in [0.2, 0.25) is 0 Å². The van der Waals surface area contributed by atoms with Crippen LogP contribution in [0.5, 0.6) is 0 Å². The van der Waals surface area contributed by atoms with Crippen LogP contribution in [0.4, 0.5) is 29.3 Å². The van der Waals surface area contributed by atoms with Crippen molar-refractivity contribution in [1.29, 1.82) is 0 Å². The maximum Gasteiger partial charge on any atom is 0.418 e. The number of halogens is 4. The first-order valence-corrected chi connectivity index (χ1v) is 7.07. The molecule has 2 aromatic carbocycles. The molecule has 2 aromatic rings. The fourth-order valence-electron chi connectivity index (χ4n) is 2.18. The van der Waals surface area contributed by atoms with Gasteiger partial charge < -0.3 is 10.6 Å². The van der Waals surface area contributed by atoms with Crippen LogP contribution < -0.4 is 10.6 Å². The first-order chi connectivity index (χ1) is 10.7. The summed E-state index contributed by atoms with van der Waals surface area (Å²) in [6.07, 6.45) is -4.55. The molecule has 2 N–H and O–H groups in total. The molecule has 0 saturated heterocycles. The molecule has 0 aliphatic heterocycles. The number of carbonyl (C=O) groups is 1. The molecule has 122 valence electrons. The monoisotopic (exact) mass is 342 g/mol. The lowest BCUT2D eigenvalue weighted by Gasteiger charge is -2.15. The van der Waals surface area contributed by atoms with Gasteiger partial charge in [0.05, 0.1) is 22.0 Å². The van der Waals surface area contributed by atoms with E-state index in [1.165, 1.54) is 18.2 Å². The van der Waals surface area contributed by atoms with Crippen molar-refractivity contribution in [2.75, 3.05) is 10.6 Å². The second kappa shape index (κ2) is 6.50. The summed E-state index contributed by atoms with van der Waals surface area (Å²) in [7, 11) is 0. The Kier molecular flexibility index (Phi) is 4.85. The summed E-state index contributed by atoms with van der Waals surface area (Å²) in [6, 6.07) is 7.43. The van der Waals surface area contributed by atoms with Gasteiger partial charge in [0.25, 0.3) is 0 Å². The molecule has 0 radical (unpaired) electrons. The summed E-state index contributed by atoms with van der Waals surface area (Å²) >= 11 is 6.06. The molecule has 0 aromatic heterocycles. The SMILES string of the molecule is Cc1cc(C)c(NC(=O)Nc2ccccc2C(F)(F)F)c(Cl)c1. The van der Waals surface area contributed by atoms with Gasteiger partial charge in [-0.15, -0.1) is 0 Å². The minimum atomic E-state index is -4.55. The highest BCUT2D eigenvalue weighted by Crippen LogP contribution is 2.34. The minimum absolute atomic E-state index is 0.321. The van der Waals surface area contributed by atoms with Crippen LogP contribution >= 0.6 is 11.6 Å². The Bertz CT molecular complexity index is 721. The smallest absolute Gasteiger partial charge is 0.307 e. The van der Waals surface area contributed by atoms with Crippen LogP contribution in [0.3, 0.4) is 0 Å². The summed E-state index contributed by atoms with van der Waals surface area (Å²) in [5.41, 5.74) is 0.759. The first-order valence-electron chi connectivity index (χ1n) is 6.69. The lowest BCUT2D eigenvalue weighted by Crippen LogP contribution is -2.22. The molecular weight excluding hydrogens is 329 g/mol. The Morgan fingerprint density at radius 3 is 2.35 bits per heavy atom. The third-order valence-electron chi connectivity index (χ3n) is 3.15. The molecule has 0 saturated carbocycles. The van der Waals surface area contributed by atoms with Crippen LogP contribution in [0.25, 0.3) is 0 Å². The number of anilines is 2. The average molecular weight is 343 g/mol. The second-order valence-electron chi connectivity index (χ2n) is 5.06. The number of hydrogen-bond donors (Lipinski definition) is 2. The number of carbonyl (C=O) groups excluding carboxylic acids is 1. The fraction of sp³-hybridized carbons (Fsp3) is 0.188. The van der Waals surface area contributed by atoms with Gasteiger partial charge in [-0.2, -0.15) is 13.2 Å². The highest BCUT2D eigenvalue weighted by molar-refractivity contribution is 6.34. The number of hydrogen-bond acceptors (Lipinski definition) is 1. The Hall–Kier alpha value is -2.21. The normalized spacial score (nSPS) is 11.2. The molecule has 0 unspecified atom stereocenters. The van der Waals surface area contributed by atoms with E-state index in [1.807, 2.05) is 13.0 Å². The molecule has 0 bridgehead atoms. The molecule has 2 amide bonds. The number of aryl methyl sites for hydroxylation is 2. The van der Waals surface area contributed by atoms with E-state index >= 15 is 0 Å². The van der Waals surface area contributed by atoms with Crippen molar-refractivity contribution in [3.63, 3.8) is 0 Å². The number of urea groups is 1. The van der Waals surface area contributed by atoms with Crippen molar-refractivity contribution >= 4 is 29.0 Å². The van der Waals surface area contributed by atoms with E-state index in [4.69, 9.17) is 11.6 Å². The molecule has 0 spiro atoms. The summed E-state index contributed by atoms with van der Waals surface area (Å²) in [4.78, 5) is 12.0. The van der Waals surface area contributed by atoms with E-state index in [0.29, 0.717) is 16.3 Å². The van der Waals surface area contributed by atoms with Gasteiger partial charge in [0.1, 0.15) is 0 Å². The molecule has 0 aliphatic rings. The zero-order valence-electron chi connectivity index (χ0n) is 12.4. The summed E-state index contributed by atoms with van der Waals surface area (Å²) in [5, 5.41) is 5.01. The van der Waals surface area contributed by atoms with Crippen molar-refractivity contribution in [3.8, 4) is 0 Å². The van der Waals surface area contributed by atoms with Crippen LogP contribution in [0.15, 0.2) is 36.4 Å². The number of rotatable bonds is 2. The van der Waals surface area contributed by atoms with Gasteiger partial charge >= 0.3 is 12.2 Å². The van der Waals surface area contributed by atoms with Gasteiger partial charge in [-0.25, -0.2) is 4.79 Å². The Labute approximate surface area is 136 Å². The number of alkyl halides is 3. The van der Waals surface area contributed by atoms with E-state index in [9.17, 15) is 18.0 Å². The third kappa shape index (κ3) is 4.16. The van der Waals surface area contributed by atoms with E-state index in [2.05, 4.69) is 10.6 Å². The first kappa shape index (κ1) is 17.1. The Morgan fingerprint density at radius 1 is 1.09 bits per heavy atom. The van der Waals surface area contributed by atoms with Crippen molar-refractivity contribution in [1.82, 2.24) is 0 Å². The summed E-state index contributed by atoms with van der Waals surface area (Å²) < 4.78 is 38.7. The molecule has 0 aliphatic carbocycles. The molecule has 0 atom stereocenters. The molecule has 2 rings (SSSR count). The minimum Gasteiger partial charge on any atom is -0.307 e. The number of amides is 2. The molecule has 7 heteroatoms. The van der Waals surface area contributed by atoms with Gasteiger partial charge in [-0.3, -0.25) is 0 Å². The van der Waals surface area contributed by atoms with Gasteiger partial charge in [0.15, 0.2) is 0 Å². The van der Waals surface area contributed by atoms with Crippen LogP contribution in [-0.2, 0) is 6.18 Å². The largest absolute Gasteiger partial charge is 0.418 e. The van der Waals surface area contributed by atoms with Crippen LogP contribution in [0.1, 0.15) is 16.7 Å². The maximum atomic E-state index is 12.9. The van der Waals surface area contributed by atoms with Crippen LogP contribution in [0.2, 0.25) is 5.02 Å². The fourth-order valence-corrected chi connectivity index (χ4v) is 2.55. The average Bonchev–Trinajstić information content (AvgIpc) is 2.42. The maximum absolute atomic E-state index is 12.9. The van der Waals surface area contributed by atoms with Crippen LogP contribution in [0, 0.1) is 13.8 Å². The molecular formula is C16H14ClF3N2O. The van der Waals surface area contributed by atoms with Crippen molar-refractivity contribution < 1.29 is 18.0 Å². The standard InChI is InChI=1S/C16H14ClF3N2O/c1-9-7-10(2)14(12(17)8-9)22-15(23)21-13-6-4-3-5-11(13)16(18,19)20/h3-8H,1-2H3,(H2,21,22,23). The van der Waals surface area contributed by atoms with E-state index < -0.39 is 17.8 Å². The van der Waals surface area contributed by atoms with Gasteiger partial charge in [-0.05, 0) is 43.2 Å². The Morgan fingerprint density at radius 2 is 1.74 bits per heavy atom. The van der Waals surface area contributed by atoms with Gasteiger partial charge in [0, 0.05) is 0 Å². The second-order valence-corrected chi connectivity index (χ2v) is 5.47. The highest BCUT2D eigenvalue weighted by atomic mass is 35.5. The lowest BCUT2D eigenvalue weighted by molar-refractivity contribution is -0.136. The van der Waals surface area contributed by atoms with E-state index in [-0.39, 0.29) is 5.69 Å². The third-order valence-corrected chi connectivity index (χ3v) is 3.45. The molecule has 0 fully saturated rings. The van der Waals surface area contributed by atoms with E-state index in [1.54, 1.807) is 13.0 Å². The summed E-state index contributed by atoms with van der Waals surface area (Å²) in [6.45, 7) is 3.60. The topological polar surface area (TPSA) is 41.1 Å². The van der Waals surface area contributed by atoms with Crippen molar-refractivity contribution in [3.05, 3.63) is 58.1 Å². The summed E-state index contributed by atoms with van der Waals surface area (Å²) in [5.74, 6) is 0. The zero-order valence-corrected chi connectivity index (χ0v) is 13.1. The number of benzene rings is 2. The van der Waals surface area contributed by atoms with Gasteiger partial charge in [-0.1, -0.05) is 29.8 Å². The molecule has 23 heavy (non-hydrogen) atoms. The molecule has 3 nitrogen and oxygen atoms in total. The lowest BCUT2D eigenvalue weighted by atomic mass is 10.1. The van der Waals surface area contributed by atoms with Crippen molar-refractivity contribution in [2.24, 2.45) is 0 Å². The van der Waals surface area contributed by atoms with E-state index in [0.717, 1.165) is 11.6 Å². The number of nitrogens with one attached hydrogen (secondary N) is 2. The Balaban J connectivity index is 2.22. The predicted molar refractivity (Wildman–Crippen MR) is 85.0 cm³/mol. The van der Waals surface area contributed by atoms with Crippen molar-refractivity contribution in [2.45, 2.75) is 20.0 Å². The highest BCUT2D eigenvalue weighted by Gasteiger charge is 2.33. The quantitative estimate of drug-likeness (QED) is 0.730. The number of para-hydroxylation sites is 1. The predicted octanol–water partition coefficient (Wildman–Crippen LogP) is 5.62. The van der Waals surface area contributed by atoms with Crippen LogP contribution in [-0.4, -0.2) is 6.03 Å².